The van der Waals surface area contributed by atoms with E-state index in [0.717, 1.165) is 63.9 Å². The Labute approximate surface area is 180 Å². The summed E-state index contributed by atoms with van der Waals surface area (Å²) in [6.45, 7) is 6.49. The van der Waals surface area contributed by atoms with Crippen molar-refractivity contribution >= 4 is 32.7 Å². The molecule has 5 heteroatoms. The predicted molar refractivity (Wildman–Crippen MR) is 120 cm³/mol. The third-order valence-corrected chi connectivity index (χ3v) is 6.03. The Balaban J connectivity index is 1.77. The number of carbonyl (C=O) groups is 1. The first-order chi connectivity index (χ1) is 14.0. The molecule has 0 atom stereocenters. The number of carbonyl (C=O) groups excluding carboxylic acids is 1. The van der Waals surface area contributed by atoms with Crippen molar-refractivity contribution in [2.45, 2.75) is 26.7 Å². The van der Waals surface area contributed by atoms with E-state index in [0.29, 0.717) is 12.5 Å². The Morgan fingerprint density at radius 2 is 1.86 bits per heavy atom. The lowest BCUT2D eigenvalue weighted by molar-refractivity contribution is 0.0699. The minimum Gasteiger partial charge on any atom is -0.494 e. The molecule has 29 heavy (non-hydrogen) atoms. The molecule has 0 saturated carbocycles. The molecule has 0 unspecified atom stereocenters. The lowest BCUT2D eigenvalue weighted by Crippen LogP contribution is -2.38. The summed E-state index contributed by atoms with van der Waals surface area (Å²) in [6.07, 6.45) is 2.12. The molecule has 2 heterocycles. The van der Waals surface area contributed by atoms with Gasteiger partial charge in [-0.15, -0.1) is 0 Å². The minimum absolute atomic E-state index is 0.0922. The number of hydrogen-bond donors (Lipinski definition) is 0. The zero-order valence-electron chi connectivity index (χ0n) is 16.8. The number of amides is 1. The van der Waals surface area contributed by atoms with Gasteiger partial charge in [-0.3, -0.25) is 4.79 Å². The van der Waals surface area contributed by atoms with Crippen molar-refractivity contribution in [1.82, 2.24) is 9.88 Å². The molecule has 3 aromatic rings. The van der Waals surface area contributed by atoms with Crippen LogP contribution in [0.25, 0.3) is 22.2 Å². The first-order valence-corrected chi connectivity index (χ1v) is 11.0. The molecule has 150 valence electrons. The summed E-state index contributed by atoms with van der Waals surface area (Å²) in [5, 5.41) is 0.887. The standard InChI is InChI=1S/C24H25BrN2O2/c1-3-29-19-7-4-17(5-8-19)23-15-21(20-14-18(25)6-9-22(20)26-23)24(28)27-12-10-16(2)11-13-27/h4-9,14-16H,3,10-13H2,1-2H3. The quantitative estimate of drug-likeness (QED) is 0.492. The molecule has 4 rings (SSSR count). The van der Waals surface area contributed by atoms with Crippen LogP contribution in [0.2, 0.25) is 0 Å². The predicted octanol–water partition coefficient (Wildman–Crippen LogP) is 5.94. The van der Waals surface area contributed by atoms with Crippen LogP contribution in [0.1, 0.15) is 37.0 Å². The zero-order valence-corrected chi connectivity index (χ0v) is 18.4. The van der Waals surface area contributed by atoms with Crippen LogP contribution in [0.3, 0.4) is 0 Å². The van der Waals surface area contributed by atoms with Crippen molar-refractivity contribution in [3.05, 3.63) is 58.6 Å². The highest BCUT2D eigenvalue weighted by Gasteiger charge is 2.24. The summed E-state index contributed by atoms with van der Waals surface area (Å²) in [6, 6.07) is 15.7. The van der Waals surface area contributed by atoms with E-state index in [2.05, 4.69) is 22.9 Å². The van der Waals surface area contributed by atoms with Crippen LogP contribution in [-0.2, 0) is 0 Å². The number of rotatable bonds is 4. The fraction of sp³-hybridized carbons (Fsp3) is 0.333. The normalized spacial score (nSPS) is 14.9. The van der Waals surface area contributed by atoms with Gasteiger partial charge in [-0.25, -0.2) is 4.98 Å². The average Bonchev–Trinajstić information content (AvgIpc) is 2.74. The Bertz CT molecular complexity index is 1020. The summed E-state index contributed by atoms with van der Waals surface area (Å²) in [5.74, 6) is 1.61. The van der Waals surface area contributed by atoms with Gasteiger partial charge in [0.2, 0.25) is 0 Å². The van der Waals surface area contributed by atoms with E-state index in [-0.39, 0.29) is 5.91 Å². The van der Waals surface area contributed by atoms with Crippen LogP contribution in [0, 0.1) is 5.92 Å². The van der Waals surface area contributed by atoms with Crippen LogP contribution in [0.15, 0.2) is 53.0 Å². The zero-order chi connectivity index (χ0) is 20.4. The monoisotopic (exact) mass is 452 g/mol. The van der Waals surface area contributed by atoms with Crippen molar-refractivity contribution in [2.24, 2.45) is 5.92 Å². The molecule has 1 saturated heterocycles. The largest absolute Gasteiger partial charge is 0.494 e. The maximum atomic E-state index is 13.4. The lowest BCUT2D eigenvalue weighted by atomic mass is 9.97. The van der Waals surface area contributed by atoms with Crippen molar-refractivity contribution in [3.63, 3.8) is 0 Å². The Hall–Kier alpha value is -2.40. The number of halogens is 1. The minimum atomic E-state index is 0.0922. The van der Waals surface area contributed by atoms with Crippen LogP contribution >= 0.6 is 15.9 Å². The molecule has 0 bridgehead atoms. The molecule has 1 fully saturated rings. The molecular weight excluding hydrogens is 428 g/mol. The Morgan fingerprint density at radius 1 is 1.14 bits per heavy atom. The number of pyridine rings is 1. The van der Waals surface area contributed by atoms with E-state index in [9.17, 15) is 4.79 Å². The number of piperidine rings is 1. The van der Waals surface area contributed by atoms with Crippen molar-refractivity contribution in [2.75, 3.05) is 19.7 Å². The topological polar surface area (TPSA) is 42.4 Å². The van der Waals surface area contributed by atoms with Gasteiger partial charge < -0.3 is 9.64 Å². The van der Waals surface area contributed by atoms with Crippen molar-refractivity contribution in [3.8, 4) is 17.0 Å². The highest BCUT2D eigenvalue weighted by Crippen LogP contribution is 2.30. The summed E-state index contributed by atoms with van der Waals surface area (Å²) in [5.41, 5.74) is 3.32. The van der Waals surface area contributed by atoms with E-state index < -0.39 is 0 Å². The van der Waals surface area contributed by atoms with Gasteiger partial charge in [0.05, 0.1) is 23.4 Å². The molecule has 1 aliphatic heterocycles. The van der Waals surface area contributed by atoms with E-state index in [4.69, 9.17) is 9.72 Å². The van der Waals surface area contributed by atoms with E-state index in [1.165, 1.54) is 0 Å². The van der Waals surface area contributed by atoms with Gasteiger partial charge in [0.15, 0.2) is 0 Å². The molecule has 1 amide bonds. The van der Waals surface area contributed by atoms with Gasteiger partial charge in [0, 0.05) is 28.5 Å². The molecule has 0 aliphatic carbocycles. The third kappa shape index (κ3) is 4.30. The van der Waals surface area contributed by atoms with E-state index >= 15 is 0 Å². The molecule has 0 N–H and O–H groups in total. The van der Waals surface area contributed by atoms with Crippen LogP contribution in [0.5, 0.6) is 5.75 Å². The SMILES string of the molecule is CCOc1ccc(-c2cc(C(=O)N3CCC(C)CC3)c3cc(Br)ccc3n2)cc1. The number of fused-ring (bicyclic) bond motifs is 1. The van der Waals surface area contributed by atoms with Gasteiger partial charge in [-0.1, -0.05) is 22.9 Å². The number of benzene rings is 2. The number of ether oxygens (including phenoxy) is 1. The molecule has 4 nitrogen and oxygen atoms in total. The lowest BCUT2D eigenvalue weighted by Gasteiger charge is -2.30. The second kappa shape index (κ2) is 8.54. The number of nitrogens with zero attached hydrogens (tertiary/aromatic N) is 2. The second-order valence-electron chi connectivity index (χ2n) is 7.65. The maximum absolute atomic E-state index is 13.4. The highest BCUT2D eigenvalue weighted by atomic mass is 79.9. The Kier molecular flexibility index (Phi) is 5.86. The van der Waals surface area contributed by atoms with Gasteiger partial charge in [-0.05, 0) is 74.2 Å². The first kappa shape index (κ1) is 19.9. The second-order valence-corrected chi connectivity index (χ2v) is 8.56. The number of hydrogen-bond acceptors (Lipinski definition) is 3. The summed E-state index contributed by atoms with van der Waals surface area (Å²) in [7, 11) is 0. The fourth-order valence-electron chi connectivity index (χ4n) is 3.79. The Morgan fingerprint density at radius 3 is 2.55 bits per heavy atom. The van der Waals surface area contributed by atoms with Crippen molar-refractivity contribution in [1.29, 1.82) is 0 Å². The molecule has 2 aromatic carbocycles. The van der Waals surface area contributed by atoms with Gasteiger partial charge >= 0.3 is 0 Å². The smallest absolute Gasteiger partial charge is 0.254 e. The molecule has 0 spiro atoms. The van der Waals surface area contributed by atoms with Crippen LogP contribution < -0.4 is 4.74 Å². The van der Waals surface area contributed by atoms with E-state index in [1.54, 1.807) is 0 Å². The van der Waals surface area contributed by atoms with Gasteiger partial charge in [0.1, 0.15) is 5.75 Å². The molecular formula is C24H25BrN2O2. The summed E-state index contributed by atoms with van der Waals surface area (Å²) in [4.78, 5) is 20.2. The third-order valence-electron chi connectivity index (χ3n) is 5.53. The molecule has 1 aromatic heterocycles. The maximum Gasteiger partial charge on any atom is 0.254 e. The van der Waals surface area contributed by atoms with E-state index in [1.807, 2.05) is 60.4 Å². The average molecular weight is 453 g/mol. The number of aromatic nitrogens is 1. The van der Waals surface area contributed by atoms with Crippen molar-refractivity contribution < 1.29 is 9.53 Å². The first-order valence-electron chi connectivity index (χ1n) is 10.2. The highest BCUT2D eigenvalue weighted by molar-refractivity contribution is 9.10. The fourth-order valence-corrected chi connectivity index (χ4v) is 4.15. The summed E-state index contributed by atoms with van der Waals surface area (Å²) >= 11 is 3.54. The van der Waals surface area contributed by atoms with Crippen LogP contribution in [-0.4, -0.2) is 35.5 Å². The van der Waals surface area contributed by atoms with Crippen LogP contribution in [0.4, 0.5) is 0 Å². The number of likely N-dealkylation sites (tertiary alicyclic amines) is 1. The van der Waals surface area contributed by atoms with Gasteiger partial charge in [-0.2, -0.15) is 0 Å². The van der Waals surface area contributed by atoms with Gasteiger partial charge in [0.25, 0.3) is 5.91 Å². The summed E-state index contributed by atoms with van der Waals surface area (Å²) < 4.78 is 6.49. The molecule has 1 aliphatic rings. The molecule has 0 radical (unpaired) electrons.